The lowest BCUT2D eigenvalue weighted by molar-refractivity contribution is 0.0961. The minimum atomic E-state index is -0.410. The Balaban J connectivity index is 2.01. The number of ether oxygens (including phenoxy) is 1. The third-order valence-electron chi connectivity index (χ3n) is 3.46. The molecule has 0 fully saturated rings. The standard InChI is InChI=1S/C17H13FN2O2/c1-11-10-20(15-6-5-14(18)8-16(15)22-11)17(21)13-4-2-3-12(7-13)9-19/h2-8,11H,10H2,1H3/t11-/m1/s1. The molecule has 0 spiro atoms. The van der Waals surface area contributed by atoms with Gasteiger partial charge in [0.2, 0.25) is 0 Å². The minimum Gasteiger partial charge on any atom is -0.487 e. The first-order chi connectivity index (χ1) is 10.6. The van der Waals surface area contributed by atoms with Crippen LogP contribution < -0.4 is 9.64 Å². The van der Waals surface area contributed by atoms with Gasteiger partial charge in [0.05, 0.1) is 23.9 Å². The molecule has 1 heterocycles. The quantitative estimate of drug-likeness (QED) is 0.812. The maximum absolute atomic E-state index is 13.4. The highest BCUT2D eigenvalue weighted by molar-refractivity contribution is 6.07. The Labute approximate surface area is 127 Å². The molecule has 1 aliphatic rings. The van der Waals surface area contributed by atoms with Crippen molar-refractivity contribution in [1.82, 2.24) is 0 Å². The van der Waals surface area contributed by atoms with E-state index in [0.29, 0.717) is 29.1 Å². The molecule has 1 amide bonds. The number of hydrogen-bond acceptors (Lipinski definition) is 3. The van der Waals surface area contributed by atoms with Crippen molar-refractivity contribution in [2.75, 3.05) is 11.4 Å². The van der Waals surface area contributed by atoms with Gasteiger partial charge in [0.1, 0.15) is 17.7 Å². The SMILES string of the molecule is C[C@@H]1CN(C(=O)c2cccc(C#N)c2)c2ccc(F)cc2O1. The topological polar surface area (TPSA) is 53.3 Å². The molecule has 0 unspecified atom stereocenters. The predicted molar refractivity (Wildman–Crippen MR) is 79.3 cm³/mol. The van der Waals surface area contributed by atoms with E-state index in [0.717, 1.165) is 0 Å². The first-order valence-corrected chi connectivity index (χ1v) is 6.86. The number of halogens is 1. The fourth-order valence-electron chi connectivity index (χ4n) is 2.48. The summed E-state index contributed by atoms with van der Waals surface area (Å²) < 4.78 is 18.9. The molecular formula is C17H13FN2O2. The first kappa shape index (κ1) is 14.1. The second-order valence-corrected chi connectivity index (χ2v) is 5.15. The number of anilines is 1. The van der Waals surface area contributed by atoms with Crippen LogP contribution >= 0.6 is 0 Å². The van der Waals surface area contributed by atoms with E-state index in [9.17, 15) is 9.18 Å². The van der Waals surface area contributed by atoms with Crippen molar-refractivity contribution in [3.8, 4) is 11.8 Å². The van der Waals surface area contributed by atoms with Crippen molar-refractivity contribution in [1.29, 1.82) is 5.26 Å². The molecule has 4 nitrogen and oxygen atoms in total. The predicted octanol–water partition coefficient (Wildman–Crippen LogP) is 3.13. The van der Waals surface area contributed by atoms with Crippen LogP contribution in [0.3, 0.4) is 0 Å². The molecule has 22 heavy (non-hydrogen) atoms. The summed E-state index contributed by atoms with van der Waals surface area (Å²) in [6.07, 6.45) is -0.239. The molecular weight excluding hydrogens is 283 g/mol. The molecule has 2 aromatic rings. The van der Waals surface area contributed by atoms with Gasteiger partial charge >= 0.3 is 0 Å². The Morgan fingerprint density at radius 2 is 2.18 bits per heavy atom. The van der Waals surface area contributed by atoms with E-state index in [1.54, 1.807) is 29.2 Å². The lowest BCUT2D eigenvalue weighted by Crippen LogP contribution is -2.42. The largest absolute Gasteiger partial charge is 0.487 e. The van der Waals surface area contributed by atoms with Crippen molar-refractivity contribution >= 4 is 11.6 Å². The van der Waals surface area contributed by atoms with Gasteiger partial charge in [-0.3, -0.25) is 4.79 Å². The van der Waals surface area contributed by atoms with Gasteiger partial charge in [0.25, 0.3) is 5.91 Å². The molecule has 0 saturated heterocycles. The zero-order valence-electron chi connectivity index (χ0n) is 11.9. The summed E-state index contributed by atoms with van der Waals surface area (Å²) in [7, 11) is 0. The fraction of sp³-hybridized carbons (Fsp3) is 0.176. The van der Waals surface area contributed by atoms with Crippen molar-refractivity contribution in [3.05, 3.63) is 59.4 Å². The molecule has 2 aromatic carbocycles. The molecule has 1 aliphatic heterocycles. The van der Waals surface area contributed by atoms with Crippen LogP contribution in [0.25, 0.3) is 0 Å². The van der Waals surface area contributed by atoms with Crippen LogP contribution in [-0.2, 0) is 0 Å². The second kappa shape index (κ2) is 5.49. The highest BCUT2D eigenvalue weighted by atomic mass is 19.1. The minimum absolute atomic E-state index is 0.236. The normalized spacial score (nSPS) is 16.4. The fourth-order valence-corrected chi connectivity index (χ4v) is 2.48. The third kappa shape index (κ3) is 2.51. The van der Waals surface area contributed by atoms with Crippen LogP contribution in [0, 0.1) is 17.1 Å². The van der Waals surface area contributed by atoms with E-state index < -0.39 is 5.82 Å². The number of carbonyl (C=O) groups excluding carboxylic acids is 1. The van der Waals surface area contributed by atoms with E-state index in [1.165, 1.54) is 18.2 Å². The zero-order valence-corrected chi connectivity index (χ0v) is 11.9. The van der Waals surface area contributed by atoms with Crippen LogP contribution in [0.1, 0.15) is 22.8 Å². The van der Waals surface area contributed by atoms with Gasteiger partial charge < -0.3 is 9.64 Å². The Morgan fingerprint density at radius 3 is 2.95 bits per heavy atom. The average molecular weight is 296 g/mol. The Kier molecular flexibility index (Phi) is 3.51. The molecule has 1 atom stereocenters. The third-order valence-corrected chi connectivity index (χ3v) is 3.46. The summed E-state index contributed by atoms with van der Waals surface area (Å²) in [4.78, 5) is 14.3. The smallest absolute Gasteiger partial charge is 0.258 e. The summed E-state index contributed by atoms with van der Waals surface area (Å²) >= 11 is 0. The number of benzene rings is 2. The van der Waals surface area contributed by atoms with Gasteiger partial charge in [0, 0.05) is 11.6 Å². The van der Waals surface area contributed by atoms with Crippen LogP contribution in [0.15, 0.2) is 42.5 Å². The number of carbonyl (C=O) groups is 1. The van der Waals surface area contributed by atoms with Crippen molar-refractivity contribution < 1.29 is 13.9 Å². The number of nitriles is 1. The lowest BCUT2D eigenvalue weighted by Gasteiger charge is -2.33. The Morgan fingerprint density at radius 1 is 1.36 bits per heavy atom. The summed E-state index contributed by atoms with van der Waals surface area (Å²) in [5, 5.41) is 8.95. The van der Waals surface area contributed by atoms with Gasteiger partial charge in [-0.25, -0.2) is 4.39 Å². The molecule has 0 aliphatic carbocycles. The number of fused-ring (bicyclic) bond motifs is 1. The van der Waals surface area contributed by atoms with E-state index in [1.807, 2.05) is 13.0 Å². The van der Waals surface area contributed by atoms with Crippen molar-refractivity contribution in [2.45, 2.75) is 13.0 Å². The van der Waals surface area contributed by atoms with Crippen LogP contribution in [-0.4, -0.2) is 18.6 Å². The van der Waals surface area contributed by atoms with E-state index >= 15 is 0 Å². The molecule has 0 bridgehead atoms. The first-order valence-electron chi connectivity index (χ1n) is 6.86. The highest BCUT2D eigenvalue weighted by Gasteiger charge is 2.28. The Hall–Kier alpha value is -2.87. The van der Waals surface area contributed by atoms with Crippen LogP contribution in [0.2, 0.25) is 0 Å². The summed E-state index contributed by atoms with van der Waals surface area (Å²) in [6.45, 7) is 2.19. The van der Waals surface area contributed by atoms with Gasteiger partial charge in [-0.2, -0.15) is 5.26 Å². The zero-order chi connectivity index (χ0) is 15.7. The number of hydrogen-bond donors (Lipinski definition) is 0. The molecule has 110 valence electrons. The Bertz CT molecular complexity index is 782. The van der Waals surface area contributed by atoms with E-state index in [2.05, 4.69) is 0 Å². The maximum Gasteiger partial charge on any atom is 0.258 e. The maximum atomic E-state index is 13.4. The highest BCUT2D eigenvalue weighted by Crippen LogP contribution is 2.34. The van der Waals surface area contributed by atoms with Crippen molar-refractivity contribution in [2.24, 2.45) is 0 Å². The van der Waals surface area contributed by atoms with Gasteiger partial charge in [-0.15, -0.1) is 0 Å². The summed E-state index contributed by atoms with van der Waals surface area (Å²) in [5.74, 6) is -0.296. The monoisotopic (exact) mass is 296 g/mol. The van der Waals surface area contributed by atoms with E-state index in [-0.39, 0.29) is 12.0 Å². The lowest BCUT2D eigenvalue weighted by atomic mass is 10.1. The molecule has 0 N–H and O–H groups in total. The number of rotatable bonds is 1. The van der Waals surface area contributed by atoms with E-state index in [4.69, 9.17) is 10.00 Å². The van der Waals surface area contributed by atoms with Crippen LogP contribution in [0.4, 0.5) is 10.1 Å². The van der Waals surface area contributed by atoms with Gasteiger partial charge in [-0.1, -0.05) is 6.07 Å². The van der Waals surface area contributed by atoms with Crippen LogP contribution in [0.5, 0.6) is 5.75 Å². The molecule has 3 rings (SSSR count). The van der Waals surface area contributed by atoms with Gasteiger partial charge in [0.15, 0.2) is 0 Å². The molecule has 5 heteroatoms. The second-order valence-electron chi connectivity index (χ2n) is 5.15. The summed E-state index contributed by atoms with van der Waals surface area (Å²) in [6, 6.07) is 12.6. The molecule has 0 radical (unpaired) electrons. The van der Waals surface area contributed by atoms with Gasteiger partial charge in [-0.05, 0) is 37.3 Å². The molecule has 0 saturated carbocycles. The van der Waals surface area contributed by atoms with Crippen molar-refractivity contribution in [3.63, 3.8) is 0 Å². The molecule has 0 aromatic heterocycles. The summed E-state index contributed by atoms with van der Waals surface area (Å²) in [5.41, 5.74) is 1.38. The number of nitrogens with zero attached hydrogens (tertiary/aromatic N) is 2. The number of amides is 1. The average Bonchev–Trinajstić information content (AvgIpc) is 2.53.